The van der Waals surface area contributed by atoms with Gasteiger partial charge < -0.3 is 14.3 Å². The molecule has 1 aromatic heterocycles. The van der Waals surface area contributed by atoms with E-state index in [0.717, 1.165) is 0 Å². The first-order valence-corrected chi connectivity index (χ1v) is 5.12. The van der Waals surface area contributed by atoms with Crippen LogP contribution in [0.4, 0.5) is 0 Å². The van der Waals surface area contributed by atoms with E-state index in [1.165, 1.54) is 25.3 Å². The lowest BCUT2D eigenvalue weighted by Gasteiger charge is -2.07. The normalized spacial score (nSPS) is 10.1. The highest BCUT2D eigenvalue weighted by atomic mass is 16.5. The number of methoxy groups -OCH3 is 1. The summed E-state index contributed by atoms with van der Waals surface area (Å²) in [6, 6.07) is 7.52. The third kappa shape index (κ3) is 2.10. The summed E-state index contributed by atoms with van der Waals surface area (Å²) in [5.74, 6) is -0.00213. The number of carbonyl (C=O) groups is 2. The fourth-order valence-corrected chi connectivity index (χ4v) is 1.59. The van der Waals surface area contributed by atoms with E-state index in [0.29, 0.717) is 23.4 Å². The maximum Gasteiger partial charge on any atom is 0.335 e. The molecule has 0 aliphatic heterocycles. The fraction of sp³-hybridized carbons (Fsp3) is 0.0769. The zero-order chi connectivity index (χ0) is 13.1. The molecule has 0 saturated heterocycles. The van der Waals surface area contributed by atoms with Gasteiger partial charge in [-0.25, -0.2) is 4.79 Å². The Balaban J connectivity index is 2.55. The predicted molar refractivity (Wildman–Crippen MR) is 63.0 cm³/mol. The van der Waals surface area contributed by atoms with Crippen molar-refractivity contribution in [3.8, 4) is 17.1 Å². The molecule has 0 fully saturated rings. The number of benzene rings is 1. The molecular formula is C13H10O5. The number of furan rings is 1. The monoisotopic (exact) mass is 246 g/mol. The van der Waals surface area contributed by atoms with Gasteiger partial charge in [-0.2, -0.15) is 0 Å². The Bertz CT molecular complexity index is 597. The van der Waals surface area contributed by atoms with Crippen LogP contribution in [-0.2, 0) is 0 Å². The van der Waals surface area contributed by atoms with Gasteiger partial charge in [-0.05, 0) is 30.3 Å². The quantitative estimate of drug-likeness (QED) is 0.838. The van der Waals surface area contributed by atoms with Crippen molar-refractivity contribution in [2.45, 2.75) is 0 Å². The number of aldehydes is 1. The first-order chi connectivity index (χ1) is 8.65. The first kappa shape index (κ1) is 11.9. The summed E-state index contributed by atoms with van der Waals surface area (Å²) >= 11 is 0. The summed E-state index contributed by atoms with van der Waals surface area (Å²) in [5.41, 5.74) is 0.611. The number of carboxylic acid groups (broad SMARTS) is 1. The highest BCUT2D eigenvalue weighted by Crippen LogP contribution is 2.32. The topological polar surface area (TPSA) is 76.7 Å². The van der Waals surface area contributed by atoms with Crippen LogP contribution < -0.4 is 4.74 Å². The number of hydrogen-bond acceptors (Lipinski definition) is 4. The van der Waals surface area contributed by atoms with Crippen LogP contribution in [0.15, 0.2) is 34.7 Å². The molecule has 0 radical (unpaired) electrons. The van der Waals surface area contributed by atoms with Crippen LogP contribution in [0, 0.1) is 0 Å². The van der Waals surface area contributed by atoms with Gasteiger partial charge in [0.1, 0.15) is 11.5 Å². The number of aromatic carboxylic acids is 1. The van der Waals surface area contributed by atoms with Gasteiger partial charge in [-0.15, -0.1) is 0 Å². The maximum atomic E-state index is 10.9. The Labute approximate surface area is 103 Å². The van der Waals surface area contributed by atoms with Crippen LogP contribution in [-0.4, -0.2) is 24.5 Å². The fourth-order valence-electron chi connectivity index (χ4n) is 1.59. The molecule has 2 aromatic rings. The van der Waals surface area contributed by atoms with Crippen molar-refractivity contribution in [2.24, 2.45) is 0 Å². The molecule has 1 heterocycles. The maximum absolute atomic E-state index is 10.9. The molecular weight excluding hydrogens is 236 g/mol. The van der Waals surface area contributed by atoms with E-state index < -0.39 is 5.97 Å². The van der Waals surface area contributed by atoms with Gasteiger partial charge in [0.15, 0.2) is 12.0 Å². The molecule has 0 aliphatic rings. The van der Waals surface area contributed by atoms with Crippen molar-refractivity contribution in [1.82, 2.24) is 0 Å². The molecule has 1 N–H and O–H groups in total. The lowest BCUT2D eigenvalue weighted by molar-refractivity contribution is 0.0696. The predicted octanol–water partition coefficient (Wildman–Crippen LogP) is 2.47. The van der Waals surface area contributed by atoms with Gasteiger partial charge in [0.2, 0.25) is 0 Å². The number of carboxylic acids is 1. The average molecular weight is 246 g/mol. The van der Waals surface area contributed by atoms with Crippen molar-refractivity contribution >= 4 is 12.3 Å². The van der Waals surface area contributed by atoms with E-state index in [1.54, 1.807) is 12.1 Å². The second kappa shape index (κ2) is 4.75. The van der Waals surface area contributed by atoms with Crippen molar-refractivity contribution in [1.29, 1.82) is 0 Å². The summed E-state index contributed by atoms with van der Waals surface area (Å²) in [6.45, 7) is 0. The molecule has 0 amide bonds. The summed E-state index contributed by atoms with van der Waals surface area (Å²) < 4.78 is 10.4. The van der Waals surface area contributed by atoms with Crippen molar-refractivity contribution in [3.05, 3.63) is 41.7 Å². The van der Waals surface area contributed by atoms with Crippen LogP contribution in [0.25, 0.3) is 11.3 Å². The van der Waals surface area contributed by atoms with Gasteiger partial charge in [-0.3, -0.25) is 4.79 Å². The Morgan fingerprint density at radius 3 is 2.67 bits per heavy atom. The van der Waals surface area contributed by atoms with E-state index >= 15 is 0 Å². The average Bonchev–Trinajstić information content (AvgIpc) is 2.86. The molecule has 0 aliphatic carbocycles. The highest BCUT2D eigenvalue weighted by molar-refractivity contribution is 5.90. The minimum absolute atomic E-state index is 0.120. The van der Waals surface area contributed by atoms with E-state index in [2.05, 4.69) is 0 Å². The minimum atomic E-state index is -1.04. The molecule has 5 nitrogen and oxygen atoms in total. The number of carbonyl (C=O) groups excluding carboxylic acids is 1. The molecule has 1 aromatic carbocycles. The molecule has 5 heteroatoms. The summed E-state index contributed by atoms with van der Waals surface area (Å²) in [4.78, 5) is 21.5. The molecule has 0 bridgehead atoms. The Kier molecular flexibility index (Phi) is 3.14. The lowest BCUT2D eigenvalue weighted by Crippen LogP contribution is -1.97. The van der Waals surface area contributed by atoms with E-state index in [4.69, 9.17) is 14.3 Å². The van der Waals surface area contributed by atoms with E-state index in [9.17, 15) is 9.59 Å². The molecule has 92 valence electrons. The van der Waals surface area contributed by atoms with Crippen LogP contribution >= 0.6 is 0 Å². The Morgan fingerprint density at radius 2 is 2.11 bits per heavy atom. The van der Waals surface area contributed by atoms with Crippen molar-refractivity contribution < 1.29 is 23.8 Å². The van der Waals surface area contributed by atoms with E-state index in [-0.39, 0.29) is 11.3 Å². The molecule has 18 heavy (non-hydrogen) atoms. The standard InChI is InChI=1S/C13H10O5/c1-17-11-4-2-8(13(15)16)6-10(11)12-5-3-9(7-14)18-12/h2-7H,1H3,(H,15,16). The Morgan fingerprint density at radius 1 is 1.33 bits per heavy atom. The van der Waals surface area contributed by atoms with Crippen LogP contribution in [0.5, 0.6) is 5.75 Å². The second-order valence-electron chi connectivity index (χ2n) is 3.54. The van der Waals surface area contributed by atoms with Gasteiger partial charge in [0.25, 0.3) is 0 Å². The van der Waals surface area contributed by atoms with Gasteiger partial charge in [0, 0.05) is 0 Å². The highest BCUT2D eigenvalue weighted by Gasteiger charge is 2.13. The minimum Gasteiger partial charge on any atom is -0.496 e. The van der Waals surface area contributed by atoms with Gasteiger partial charge in [0.05, 0.1) is 18.2 Å². The van der Waals surface area contributed by atoms with Crippen LogP contribution in [0.1, 0.15) is 20.9 Å². The molecule has 0 atom stereocenters. The zero-order valence-corrected chi connectivity index (χ0v) is 9.54. The molecule has 0 saturated carbocycles. The van der Waals surface area contributed by atoms with Crippen LogP contribution in [0.2, 0.25) is 0 Å². The Hall–Kier alpha value is -2.56. The zero-order valence-electron chi connectivity index (χ0n) is 9.54. The van der Waals surface area contributed by atoms with Crippen LogP contribution in [0.3, 0.4) is 0 Å². The largest absolute Gasteiger partial charge is 0.496 e. The third-order valence-electron chi connectivity index (χ3n) is 2.45. The number of rotatable bonds is 4. The SMILES string of the molecule is COc1ccc(C(=O)O)cc1-c1ccc(C=O)o1. The summed E-state index contributed by atoms with van der Waals surface area (Å²) in [5, 5.41) is 8.94. The molecule has 0 spiro atoms. The lowest BCUT2D eigenvalue weighted by atomic mass is 10.1. The van der Waals surface area contributed by atoms with Gasteiger partial charge >= 0.3 is 5.97 Å². The summed E-state index contributed by atoms with van der Waals surface area (Å²) in [7, 11) is 1.48. The number of ether oxygens (including phenoxy) is 1. The van der Waals surface area contributed by atoms with Crippen molar-refractivity contribution in [3.63, 3.8) is 0 Å². The molecule has 0 unspecified atom stereocenters. The van der Waals surface area contributed by atoms with E-state index in [1.807, 2.05) is 0 Å². The van der Waals surface area contributed by atoms with Gasteiger partial charge in [-0.1, -0.05) is 0 Å². The first-order valence-electron chi connectivity index (χ1n) is 5.12. The molecule has 2 rings (SSSR count). The summed E-state index contributed by atoms with van der Waals surface area (Å²) in [6.07, 6.45) is 0.580. The second-order valence-corrected chi connectivity index (χ2v) is 3.54. The smallest absolute Gasteiger partial charge is 0.335 e. The van der Waals surface area contributed by atoms with Crippen molar-refractivity contribution in [2.75, 3.05) is 7.11 Å². The number of hydrogen-bond donors (Lipinski definition) is 1. The third-order valence-corrected chi connectivity index (χ3v) is 2.45.